The molecule has 9 heteroatoms. The monoisotopic (exact) mass is 396 g/mol. The standard InChI is InChI=1S/C20H25BN4O4/c1-21(27)22-14-15-9-11-24(12-10-15)19-13-16(7-8-18(19)25(28)29)20(26)23-17-5-3-2-4-6-17/h2-8,13,15,22,27H,9-12,14H2,1H3,(H,23,26). The number of piperidine rings is 1. The van der Waals surface area contributed by atoms with E-state index in [4.69, 9.17) is 0 Å². The van der Waals surface area contributed by atoms with Crippen molar-refractivity contribution in [1.29, 1.82) is 0 Å². The Labute approximate surface area is 170 Å². The van der Waals surface area contributed by atoms with Crippen molar-refractivity contribution in [2.75, 3.05) is 29.9 Å². The molecule has 2 aromatic carbocycles. The number of nitrogens with zero attached hydrogens (tertiary/aromatic N) is 2. The van der Waals surface area contributed by atoms with Gasteiger partial charge in [0.2, 0.25) is 0 Å². The Balaban J connectivity index is 1.74. The maximum absolute atomic E-state index is 12.6. The van der Waals surface area contributed by atoms with Gasteiger partial charge in [-0.05, 0) is 56.4 Å². The van der Waals surface area contributed by atoms with Crippen molar-refractivity contribution in [2.24, 2.45) is 5.92 Å². The largest absolute Gasteiger partial charge is 0.437 e. The molecule has 0 atom stereocenters. The van der Waals surface area contributed by atoms with E-state index in [1.165, 1.54) is 12.1 Å². The molecule has 0 aromatic heterocycles. The van der Waals surface area contributed by atoms with Gasteiger partial charge in [0.25, 0.3) is 11.6 Å². The van der Waals surface area contributed by atoms with Gasteiger partial charge in [-0.3, -0.25) is 14.9 Å². The number of amides is 1. The van der Waals surface area contributed by atoms with Gasteiger partial charge in [-0.2, -0.15) is 0 Å². The van der Waals surface area contributed by atoms with Crippen LogP contribution in [-0.2, 0) is 0 Å². The summed E-state index contributed by atoms with van der Waals surface area (Å²) in [5.74, 6) is 0.104. The van der Waals surface area contributed by atoms with Crippen molar-refractivity contribution >= 4 is 30.0 Å². The minimum absolute atomic E-state index is 0.00168. The van der Waals surface area contributed by atoms with Crippen LogP contribution in [0.5, 0.6) is 0 Å². The molecule has 1 saturated heterocycles. The van der Waals surface area contributed by atoms with Gasteiger partial charge in [0.1, 0.15) is 5.69 Å². The van der Waals surface area contributed by atoms with Crippen LogP contribution in [0.3, 0.4) is 0 Å². The first-order valence-corrected chi connectivity index (χ1v) is 9.75. The quantitative estimate of drug-likeness (QED) is 0.377. The fourth-order valence-electron chi connectivity index (χ4n) is 3.51. The Hall–Kier alpha value is -2.91. The average molecular weight is 396 g/mol. The van der Waals surface area contributed by atoms with Crippen LogP contribution in [0.1, 0.15) is 23.2 Å². The van der Waals surface area contributed by atoms with E-state index in [0.717, 1.165) is 12.8 Å². The second kappa shape index (κ2) is 9.53. The number of nitro groups is 1. The van der Waals surface area contributed by atoms with Crippen LogP contribution in [0.4, 0.5) is 17.1 Å². The van der Waals surface area contributed by atoms with Gasteiger partial charge >= 0.3 is 7.05 Å². The summed E-state index contributed by atoms with van der Waals surface area (Å²) in [5.41, 5.74) is 1.52. The molecule has 3 rings (SSSR count). The first-order valence-electron chi connectivity index (χ1n) is 9.75. The summed E-state index contributed by atoms with van der Waals surface area (Å²) in [6, 6.07) is 13.6. The maximum atomic E-state index is 12.6. The summed E-state index contributed by atoms with van der Waals surface area (Å²) >= 11 is 0. The zero-order valence-electron chi connectivity index (χ0n) is 16.4. The van der Waals surface area contributed by atoms with Crippen molar-refractivity contribution in [3.05, 3.63) is 64.2 Å². The van der Waals surface area contributed by atoms with Crippen LogP contribution in [0.25, 0.3) is 0 Å². The van der Waals surface area contributed by atoms with Crippen molar-refractivity contribution < 1.29 is 14.7 Å². The topological polar surface area (TPSA) is 108 Å². The summed E-state index contributed by atoms with van der Waals surface area (Å²) in [6.45, 7) is 3.73. The summed E-state index contributed by atoms with van der Waals surface area (Å²) in [7, 11) is -0.547. The van der Waals surface area contributed by atoms with Gasteiger partial charge in [-0.25, -0.2) is 0 Å². The van der Waals surface area contributed by atoms with Gasteiger partial charge < -0.3 is 20.5 Å². The van der Waals surface area contributed by atoms with Gasteiger partial charge in [0.05, 0.1) is 4.92 Å². The average Bonchev–Trinajstić information content (AvgIpc) is 2.73. The first-order chi connectivity index (χ1) is 13.9. The molecule has 0 saturated carbocycles. The molecule has 0 aliphatic carbocycles. The Kier molecular flexibility index (Phi) is 6.84. The highest BCUT2D eigenvalue weighted by Crippen LogP contribution is 2.32. The molecule has 1 aliphatic heterocycles. The number of nitro benzene ring substituents is 1. The van der Waals surface area contributed by atoms with Crippen LogP contribution < -0.4 is 15.4 Å². The Morgan fingerprint density at radius 2 is 1.93 bits per heavy atom. The minimum Gasteiger partial charge on any atom is -0.437 e. The third kappa shape index (κ3) is 5.55. The normalized spacial score (nSPS) is 14.5. The fraction of sp³-hybridized carbons (Fsp3) is 0.350. The molecule has 0 unspecified atom stereocenters. The zero-order valence-corrected chi connectivity index (χ0v) is 16.4. The predicted octanol–water partition coefficient (Wildman–Crippen LogP) is 2.76. The predicted molar refractivity (Wildman–Crippen MR) is 114 cm³/mol. The molecule has 152 valence electrons. The summed E-state index contributed by atoms with van der Waals surface area (Å²) in [4.78, 5) is 25.7. The van der Waals surface area contributed by atoms with Gasteiger partial charge in [-0.1, -0.05) is 18.2 Å². The summed E-state index contributed by atoms with van der Waals surface area (Å²) in [5, 5.41) is 26.7. The zero-order chi connectivity index (χ0) is 20.8. The molecule has 3 N–H and O–H groups in total. The number of carbonyl (C=O) groups is 1. The second-order valence-electron chi connectivity index (χ2n) is 7.30. The fourth-order valence-corrected chi connectivity index (χ4v) is 3.51. The lowest BCUT2D eigenvalue weighted by Gasteiger charge is -2.33. The SMILES string of the molecule is CB(O)NCC1CCN(c2cc(C(=O)Nc3ccccc3)ccc2[N+](=O)[O-])CC1. The number of rotatable bonds is 7. The number of nitrogens with one attached hydrogen (secondary N) is 2. The van der Waals surface area contributed by atoms with Crippen LogP contribution >= 0.6 is 0 Å². The first kappa shape index (κ1) is 20.8. The third-order valence-electron chi connectivity index (χ3n) is 5.12. The minimum atomic E-state index is -0.547. The molecule has 1 heterocycles. The van der Waals surface area contributed by atoms with E-state index in [-0.39, 0.29) is 11.6 Å². The number of hydrogen-bond acceptors (Lipinski definition) is 6. The Morgan fingerprint density at radius 1 is 1.24 bits per heavy atom. The van der Waals surface area contributed by atoms with Gasteiger partial charge in [0, 0.05) is 30.4 Å². The molecular weight excluding hydrogens is 371 g/mol. The van der Waals surface area contributed by atoms with Crippen LogP contribution in [0, 0.1) is 16.0 Å². The molecule has 8 nitrogen and oxygen atoms in total. The second-order valence-corrected chi connectivity index (χ2v) is 7.30. The van der Waals surface area contributed by atoms with Gasteiger partial charge in [0.15, 0.2) is 0 Å². The highest BCUT2D eigenvalue weighted by molar-refractivity contribution is 6.45. The summed E-state index contributed by atoms with van der Waals surface area (Å²) in [6.07, 6.45) is 1.72. The van der Waals surface area contributed by atoms with E-state index in [2.05, 4.69) is 10.5 Å². The molecule has 1 amide bonds. The number of para-hydroxylation sites is 1. The maximum Gasteiger partial charge on any atom is 0.373 e. The van der Waals surface area contributed by atoms with E-state index in [1.807, 2.05) is 23.1 Å². The van der Waals surface area contributed by atoms with Crippen LogP contribution in [-0.4, -0.2) is 42.5 Å². The number of hydrogen-bond donors (Lipinski definition) is 3. The molecule has 2 aromatic rings. The number of benzene rings is 2. The van der Waals surface area contributed by atoms with E-state index in [0.29, 0.717) is 42.5 Å². The lowest BCUT2D eigenvalue weighted by atomic mass is 9.86. The van der Waals surface area contributed by atoms with E-state index < -0.39 is 12.0 Å². The van der Waals surface area contributed by atoms with Crippen LogP contribution in [0.15, 0.2) is 48.5 Å². The van der Waals surface area contributed by atoms with Crippen molar-refractivity contribution in [2.45, 2.75) is 19.7 Å². The van der Waals surface area contributed by atoms with Crippen molar-refractivity contribution in [1.82, 2.24) is 5.23 Å². The Morgan fingerprint density at radius 3 is 2.55 bits per heavy atom. The van der Waals surface area contributed by atoms with Crippen molar-refractivity contribution in [3.8, 4) is 0 Å². The van der Waals surface area contributed by atoms with Crippen LogP contribution in [0.2, 0.25) is 6.82 Å². The Bertz CT molecular complexity index is 855. The molecule has 1 aliphatic rings. The summed E-state index contributed by atoms with van der Waals surface area (Å²) < 4.78 is 0. The molecule has 29 heavy (non-hydrogen) atoms. The highest BCUT2D eigenvalue weighted by Gasteiger charge is 2.26. The highest BCUT2D eigenvalue weighted by atomic mass is 16.6. The number of anilines is 2. The number of carbonyl (C=O) groups excluding carboxylic acids is 1. The van der Waals surface area contributed by atoms with E-state index in [9.17, 15) is 19.9 Å². The molecule has 0 spiro atoms. The molecule has 0 bridgehead atoms. The molecular formula is C20H25BN4O4. The smallest absolute Gasteiger partial charge is 0.373 e. The van der Waals surface area contributed by atoms with E-state index in [1.54, 1.807) is 25.0 Å². The molecule has 1 fully saturated rings. The third-order valence-corrected chi connectivity index (χ3v) is 5.12. The van der Waals surface area contributed by atoms with Gasteiger partial charge in [-0.15, -0.1) is 0 Å². The van der Waals surface area contributed by atoms with E-state index >= 15 is 0 Å². The lowest BCUT2D eigenvalue weighted by molar-refractivity contribution is -0.384. The van der Waals surface area contributed by atoms with Crippen molar-refractivity contribution in [3.63, 3.8) is 0 Å². The molecule has 0 radical (unpaired) electrons. The lowest BCUT2D eigenvalue weighted by Crippen LogP contribution is -2.41.